The largest absolute Gasteiger partial charge is 0.350 e. The van der Waals surface area contributed by atoms with Crippen LogP contribution in [0, 0.1) is 0 Å². The maximum atomic E-state index is 10.1. The molecular formula is C13H18BrNO2. The molecule has 1 fully saturated rings. The van der Waals surface area contributed by atoms with Gasteiger partial charge in [0.05, 0.1) is 0 Å². The number of hydrogen-bond donors (Lipinski definition) is 3. The normalized spacial score (nSPS) is 18.3. The van der Waals surface area contributed by atoms with Crippen molar-refractivity contribution in [3.05, 3.63) is 34.3 Å². The average molecular weight is 300 g/mol. The highest BCUT2D eigenvalue weighted by molar-refractivity contribution is 9.10. The minimum absolute atomic E-state index is 0.186. The van der Waals surface area contributed by atoms with Crippen molar-refractivity contribution in [2.75, 3.05) is 0 Å². The van der Waals surface area contributed by atoms with Crippen LogP contribution >= 0.6 is 15.9 Å². The lowest BCUT2D eigenvalue weighted by Gasteiger charge is -2.32. The molecule has 0 aliphatic heterocycles. The first-order valence-electron chi connectivity index (χ1n) is 6.07. The molecule has 1 aromatic rings. The summed E-state index contributed by atoms with van der Waals surface area (Å²) in [4.78, 5) is 0. The second-order valence-corrected chi connectivity index (χ2v) is 5.49. The highest BCUT2D eigenvalue weighted by atomic mass is 79.9. The van der Waals surface area contributed by atoms with Gasteiger partial charge in [0.1, 0.15) is 0 Å². The quantitative estimate of drug-likeness (QED) is 0.752. The van der Waals surface area contributed by atoms with Crippen LogP contribution < -0.4 is 5.32 Å². The van der Waals surface area contributed by atoms with Gasteiger partial charge in [-0.25, -0.2) is 0 Å². The second-order valence-electron chi connectivity index (χ2n) is 4.63. The van der Waals surface area contributed by atoms with E-state index >= 15 is 0 Å². The third-order valence-corrected chi connectivity index (χ3v) is 3.95. The summed E-state index contributed by atoms with van der Waals surface area (Å²) in [6.07, 6.45) is 5.57. The van der Waals surface area contributed by atoms with E-state index in [0.717, 1.165) is 25.7 Å². The molecule has 3 N–H and O–H groups in total. The molecule has 0 amide bonds. The fourth-order valence-electron chi connectivity index (χ4n) is 2.35. The molecule has 2 rings (SSSR count). The Bertz CT molecular complexity index is 375. The van der Waals surface area contributed by atoms with Crippen molar-refractivity contribution in [1.29, 1.82) is 0 Å². The molecular weight excluding hydrogens is 282 g/mol. The Morgan fingerprint density at radius 2 is 1.76 bits per heavy atom. The first-order valence-corrected chi connectivity index (χ1v) is 6.86. The van der Waals surface area contributed by atoms with Gasteiger partial charge in [-0.15, -0.1) is 0 Å². The van der Waals surface area contributed by atoms with Gasteiger partial charge < -0.3 is 10.2 Å². The standard InChI is InChI=1S/C13H18BrNO2/c14-12-9-5-4-8-11(12)13(16,17)15-10-6-2-1-3-7-10/h4-5,8-10,15-17H,1-3,6-7H2. The summed E-state index contributed by atoms with van der Waals surface area (Å²) in [5.41, 5.74) is 0.463. The van der Waals surface area contributed by atoms with Crippen molar-refractivity contribution < 1.29 is 10.2 Å². The molecule has 3 nitrogen and oxygen atoms in total. The Hall–Kier alpha value is -0.420. The molecule has 1 aromatic carbocycles. The molecule has 4 heteroatoms. The number of hydrogen-bond acceptors (Lipinski definition) is 3. The molecule has 0 radical (unpaired) electrons. The lowest BCUT2D eigenvalue weighted by molar-refractivity contribution is -0.203. The molecule has 1 saturated carbocycles. The van der Waals surface area contributed by atoms with Crippen molar-refractivity contribution >= 4 is 15.9 Å². The van der Waals surface area contributed by atoms with Crippen LogP contribution in [0.4, 0.5) is 0 Å². The summed E-state index contributed by atoms with van der Waals surface area (Å²) in [6.45, 7) is 0. The van der Waals surface area contributed by atoms with Gasteiger partial charge in [-0.1, -0.05) is 53.4 Å². The fourth-order valence-corrected chi connectivity index (χ4v) is 2.91. The molecule has 1 aliphatic carbocycles. The van der Waals surface area contributed by atoms with Gasteiger partial charge in [-0.3, -0.25) is 5.32 Å². The van der Waals surface area contributed by atoms with Crippen LogP contribution in [0.15, 0.2) is 28.7 Å². The molecule has 0 unspecified atom stereocenters. The van der Waals surface area contributed by atoms with Crippen LogP contribution in [0.25, 0.3) is 0 Å². The Morgan fingerprint density at radius 3 is 2.41 bits per heavy atom. The monoisotopic (exact) mass is 299 g/mol. The van der Waals surface area contributed by atoms with Crippen molar-refractivity contribution in [2.24, 2.45) is 0 Å². The maximum Gasteiger partial charge on any atom is 0.252 e. The molecule has 94 valence electrons. The van der Waals surface area contributed by atoms with E-state index in [1.807, 2.05) is 6.07 Å². The minimum atomic E-state index is -1.96. The topological polar surface area (TPSA) is 52.5 Å². The van der Waals surface area contributed by atoms with Crippen molar-refractivity contribution in [3.8, 4) is 0 Å². The summed E-state index contributed by atoms with van der Waals surface area (Å²) in [5, 5.41) is 23.2. The summed E-state index contributed by atoms with van der Waals surface area (Å²) >= 11 is 3.34. The van der Waals surface area contributed by atoms with E-state index in [4.69, 9.17) is 0 Å². The number of nitrogens with one attached hydrogen (secondary N) is 1. The number of halogens is 1. The van der Waals surface area contributed by atoms with Crippen molar-refractivity contribution in [3.63, 3.8) is 0 Å². The minimum Gasteiger partial charge on any atom is -0.350 e. The Balaban J connectivity index is 2.10. The SMILES string of the molecule is OC(O)(NC1CCCCC1)c1ccccc1Br. The number of rotatable bonds is 3. The van der Waals surface area contributed by atoms with Gasteiger partial charge in [0.2, 0.25) is 0 Å². The lowest BCUT2D eigenvalue weighted by Crippen LogP contribution is -2.48. The number of aliphatic hydroxyl groups is 2. The van der Waals surface area contributed by atoms with Crippen molar-refractivity contribution in [1.82, 2.24) is 5.32 Å². The highest BCUT2D eigenvalue weighted by Crippen LogP contribution is 2.27. The van der Waals surface area contributed by atoms with Gasteiger partial charge >= 0.3 is 0 Å². The first kappa shape index (κ1) is 13.0. The summed E-state index contributed by atoms with van der Waals surface area (Å²) < 4.78 is 0.702. The molecule has 0 bridgehead atoms. The Morgan fingerprint density at radius 1 is 1.12 bits per heavy atom. The zero-order valence-corrected chi connectivity index (χ0v) is 11.3. The zero-order chi connectivity index (χ0) is 12.3. The first-order chi connectivity index (χ1) is 8.09. The summed E-state index contributed by atoms with van der Waals surface area (Å²) in [7, 11) is 0. The second kappa shape index (κ2) is 5.48. The van der Waals surface area contributed by atoms with Gasteiger partial charge in [0.15, 0.2) is 0 Å². The Kier molecular flexibility index (Phi) is 4.20. The van der Waals surface area contributed by atoms with E-state index in [0.29, 0.717) is 10.0 Å². The zero-order valence-electron chi connectivity index (χ0n) is 9.69. The van der Waals surface area contributed by atoms with Crippen LogP contribution in [0.5, 0.6) is 0 Å². The molecule has 0 heterocycles. The molecule has 0 saturated heterocycles. The summed E-state index contributed by atoms with van der Waals surface area (Å²) in [5.74, 6) is -1.96. The molecule has 0 atom stereocenters. The fraction of sp³-hybridized carbons (Fsp3) is 0.538. The lowest BCUT2D eigenvalue weighted by atomic mass is 9.95. The predicted molar refractivity (Wildman–Crippen MR) is 70.3 cm³/mol. The van der Waals surface area contributed by atoms with E-state index in [-0.39, 0.29) is 6.04 Å². The highest BCUT2D eigenvalue weighted by Gasteiger charge is 2.31. The maximum absolute atomic E-state index is 10.1. The average Bonchev–Trinajstić information content (AvgIpc) is 2.30. The molecule has 17 heavy (non-hydrogen) atoms. The molecule has 0 spiro atoms. The van der Waals surface area contributed by atoms with E-state index in [9.17, 15) is 10.2 Å². The van der Waals surface area contributed by atoms with E-state index in [1.54, 1.807) is 18.2 Å². The molecule has 1 aliphatic rings. The smallest absolute Gasteiger partial charge is 0.252 e. The van der Waals surface area contributed by atoms with Gasteiger partial charge in [0, 0.05) is 16.1 Å². The van der Waals surface area contributed by atoms with Crippen LogP contribution in [-0.2, 0) is 5.91 Å². The van der Waals surface area contributed by atoms with Gasteiger partial charge in [0.25, 0.3) is 5.91 Å². The van der Waals surface area contributed by atoms with E-state index in [1.165, 1.54) is 6.42 Å². The van der Waals surface area contributed by atoms with Gasteiger partial charge in [-0.2, -0.15) is 0 Å². The van der Waals surface area contributed by atoms with Crippen LogP contribution in [0.2, 0.25) is 0 Å². The molecule has 0 aromatic heterocycles. The van der Waals surface area contributed by atoms with Crippen molar-refractivity contribution in [2.45, 2.75) is 44.1 Å². The van der Waals surface area contributed by atoms with Crippen LogP contribution in [0.3, 0.4) is 0 Å². The number of benzene rings is 1. The van der Waals surface area contributed by atoms with E-state index < -0.39 is 5.91 Å². The Labute approximate surface area is 110 Å². The van der Waals surface area contributed by atoms with Crippen LogP contribution in [0.1, 0.15) is 37.7 Å². The van der Waals surface area contributed by atoms with E-state index in [2.05, 4.69) is 21.2 Å². The third-order valence-electron chi connectivity index (χ3n) is 3.26. The predicted octanol–water partition coefficient (Wildman–Crippen LogP) is 2.47. The summed E-state index contributed by atoms with van der Waals surface area (Å²) in [6, 6.07) is 7.35. The van der Waals surface area contributed by atoms with Crippen LogP contribution in [-0.4, -0.2) is 16.3 Å². The van der Waals surface area contributed by atoms with Gasteiger partial charge in [-0.05, 0) is 18.9 Å². The third kappa shape index (κ3) is 3.28.